The fraction of sp³-hybridized carbons (Fsp3) is 0.222. The van der Waals surface area contributed by atoms with Gasteiger partial charge in [0.2, 0.25) is 0 Å². The summed E-state index contributed by atoms with van der Waals surface area (Å²) >= 11 is 0. The number of carbonyl (C=O) groups is 3. The van der Waals surface area contributed by atoms with Crippen molar-refractivity contribution in [3.8, 4) is 0 Å². The molecule has 1 aromatic heterocycles. The van der Waals surface area contributed by atoms with Crippen LogP contribution in [0.25, 0.3) is 0 Å². The number of anilines is 1. The molecule has 0 unspecified atom stereocenters. The van der Waals surface area contributed by atoms with Gasteiger partial charge in [0.1, 0.15) is 0 Å². The molecule has 1 aromatic carbocycles. The van der Waals surface area contributed by atoms with Crippen LogP contribution in [-0.2, 0) is 16.6 Å². The smallest absolute Gasteiger partial charge is 0.338 e. The van der Waals surface area contributed by atoms with Gasteiger partial charge in [-0.1, -0.05) is 12.1 Å². The van der Waals surface area contributed by atoms with Gasteiger partial charge < -0.3 is 14.6 Å². The second-order valence-corrected chi connectivity index (χ2v) is 5.69. The number of hydrogen-bond donors (Lipinski definition) is 2. The highest BCUT2D eigenvalue weighted by atomic mass is 16.5. The molecule has 0 radical (unpaired) electrons. The summed E-state index contributed by atoms with van der Waals surface area (Å²) in [6.45, 7) is 3.10. The van der Waals surface area contributed by atoms with E-state index in [2.05, 4.69) is 10.6 Å². The Morgan fingerprint density at radius 1 is 1.15 bits per heavy atom. The minimum Gasteiger partial charge on any atom is -0.452 e. The van der Waals surface area contributed by atoms with Gasteiger partial charge in [0, 0.05) is 25.0 Å². The van der Waals surface area contributed by atoms with Gasteiger partial charge in [-0.2, -0.15) is 0 Å². The molecule has 2 aromatic rings. The Balaban J connectivity index is 1.87. The molecule has 8 nitrogen and oxygen atoms in total. The molecule has 0 fully saturated rings. The Hall–Kier alpha value is -3.42. The number of rotatable bonds is 4. The zero-order chi connectivity index (χ0) is 19.3. The number of urea groups is 1. The third-order valence-corrected chi connectivity index (χ3v) is 3.78. The number of pyridine rings is 1. The van der Waals surface area contributed by atoms with Crippen molar-refractivity contribution in [1.82, 2.24) is 9.88 Å². The lowest BCUT2D eigenvalue weighted by atomic mass is 10.1. The van der Waals surface area contributed by atoms with Gasteiger partial charge in [0.15, 0.2) is 6.61 Å². The maximum atomic E-state index is 11.9. The van der Waals surface area contributed by atoms with Crippen molar-refractivity contribution in [2.45, 2.75) is 13.8 Å². The molecule has 0 aliphatic rings. The number of carbonyl (C=O) groups excluding carboxylic acids is 3. The number of imide groups is 1. The van der Waals surface area contributed by atoms with Crippen LogP contribution in [0.1, 0.15) is 21.5 Å². The summed E-state index contributed by atoms with van der Waals surface area (Å²) in [5, 5.41) is 4.63. The molecule has 0 saturated heterocycles. The molecule has 8 heteroatoms. The Morgan fingerprint density at radius 2 is 1.88 bits per heavy atom. The molecular weight excluding hydrogens is 338 g/mol. The van der Waals surface area contributed by atoms with E-state index in [1.165, 1.54) is 16.8 Å². The lowest BCUT2D eigenvalue weighted by Gasteiger charge is -2.11. The standard InChI is InChI=1S/C18H19N3O5/c1-11-5-4-6-14(12(11)2)19-18(25)20-15(22)10-26-17(24)13-7-8-21(3)16(23)9-13/h4-9H,10H2,1-3H3,(H2,19,20,22,25). The van der Waals surface area contributed by atoms with Crippen molar-refractivity contribution in [3.05, 3.63) is 63.6 Å². The Kier molecular flexibility index (Phi) is 5.90. The zero-order valence-corrected chi connectivity index (χ0v) is 14.7. The minimum absolute atomic E-state index is 0.0285. The summed E-state index contributed by atoms with van der Waals surface area (Å²) < 4.78 is 6.09. The van der Waals surface area contributed by atoms with E-state index in [1.807, 2.05) is 19.9 Å². The van der Waals surface area contributed by atoms with E-state index in [0.29, 0.717) is 5.69 Å². The fourth-order valence-electron chi connectivity index (χ4n) is 2.09. The first-order chi connectivity index (χ1) is 12.3. The molecular formula is C18H19N3O5. The van der Waals surface area contributed by atoms with Crippen LogP contribution in [0.15, 0.2) is 41.3 Å². The number of nitrogens with zero attached hydrogens (tertiary/aromatic N) is 1. The minimum atomic E-state index is -0.826. The SMILES string of the molecule is Cc1cccc(NC(=O)NC(=O)COC(=O)c2ccn(C)c(=O)c2)c1C. The molecule has 0 aliphatic heterocycles. The molecule has 0 spiro atoms. The van der Waals surface area contributed by atoms with Gasteiger partial charge in [0.25, 0.3) is 11.5 Å². The zero-order valence-electron chi connectivity index (χ0n) is 14.7. The van der Waals surface area contributed by atoms with Crippen molar-refractivity contribution in [3.63, 3.8) is 0 Å². The number of ether oxygens (including phenoxy) is 1. The number of aryl methyl sites for hydroxylation is 2. The summed E-state index contributed by atoms with van der Waals surface area (Å²) in [5.74, 6) is -1.61. The van der Waals surface area contributed by atoms with E-state index in [9.17, 15) is 19.2 Å². The van der Waals surface area contributed by atoms with Gasteiger partial charge in [-0.25, -0.2) is 9.59 Å². The van der Waals surface area contributed by atoms with Crippen LogP contribution in [0.3, 0.4) is 0 Å². The van der Waals surface area contributed by atoms with Crippen molar-refractivity contribution in [2.24, 2.45) is 7.05 Å². The molecule has 0 bridgehead atoms. The number of benzene rings is 1. The number of hydrogen-bond acceptors (Lipinski definition) is 5. The third kappa shape index (κ3) is 4.79. The van der Waals surface area contributed by atoms with Crippen molar-refractivity contribution in [2.75, 3.05) is 11.9 Å². The topological polar surface area (TPSA) is 106 Å². The first-order valence-corrected chi connectivity index (χ1v) is 7.79. The van der Waals surface area contributed by atoms with E-state index in [0.717, 1.165) is 17.2 Å². The highest BCUT2D eigenvalue weighted by molar-refractivity contribution is 6.02. The summed E-state index contributed by atoms with van der Waals surface area (Å²) in [4.78, 5) is 46.9. The summed E-state index contributed by atoms with van der Waals surface area (Å²) in [7, 11) is 1.54. The van der Waals surface area contributed by atoms with Crippen LogP contribution >= 0.6 is 0 Å². The second kappa shape index (κ2) is 8.11. The number of nitrogens with one attached hydrogen (secondary N) is 2. The van der Waals surface area contributed by atoms with Crippen LogP contribution in [0, 0.1) is 13.8 Å². The van der Waals surface area contributed by atoms with E-state index >= 15 is 0 Å². The Morgan fingerprint density at radius 3 is 2.58 bits per heavy atom. The highest BCUT2D eigenvalue weighted by Gasteiger charge is 2.14. The average Bonchev–Trinajstić information content (AvgIpc) is 2.59. The van der Waals surface area contributed by atoms with Crippen LogP contribution in [0.2, 0.25) is 0 Å². The van der Waals surface area contributed by atoms with E-state index in [1.54, 1.807) is 19.2 Å². The average molecular weight is 357 g/mol. The van der Waals surface area contributed by atoms with Gasteiger partial charge >= 0.3 is 12.0 Å². The molecule has 0 aliphatic carbocycles. The Labute approximate surface area is 149 Å². The van der Waals surface area contributed by atoms with E-state index in [-0.39, 0.29) is 11.1 Å². The molecule has 0 saturated carbocycles. The Bertz CT molecular complexity index is 917. The van der Waals surface area contributed by atoms with Crippen LogP contribution in [0.4, 0.5) is 10.5 Å². The lowest BCUT2D eigenvalue weighted by Crippen LogP contribution is -2.37. The number of aromatic nitrogens is 1. The predicted octanol–water partition coefficient (Wildman–Crippen LogP) is 1.51. The van der Waals surface area contributed by atoms with E-state index in [4.69, 9.17) is 4.74 Å². The van der Waals surface area contributed by atoms with E-state index < -0.39 is 24.5 Å². The second-order valence-electron chi connectivity index (χ2n) is 5.69. The summed E-state index contributed by atoms with van der Waals surface area (Å²) in [6, 6.07) is 7.17. The summed E-state index contributed by atoms with van der Waals surface area (Å²) in [5.41, 5.74) is 2.11. The van der Waals surface area contributed by atoms with Crippen LogP contribution in [0.5, 0.6) is 0 Å². The monoisotopic (exact) mass is 357 g/mol. The molecule has 0 atom stereocenters. The quantitative estimate of drug-likeness (QED) is 0.807. The highest BCUT2D eigenvalue weighted by Crippen LogP contribution is 2.17. The predicted molar refractivity (Wildman–Crippen MR) is 95.0 cm³/mol. The van der Waals surface area contributed by atoms with Gasteiger partial charge in [-0.15, -0.1) is 0 Å². The van der Waals surface area contributed by atoms with Crippen molar-refractivity contribution < 1.29 is 19.1 Å². The maximum absolute atomic E-state index is 11.9. The fourth-order valence-corrected chi connectivity index (χ4v) is 2.09. The van der Waals surface area contributed by atoms with Gasteiger partial charge in [-0.05, 0) is 37.1 Å². The molecule has 3 amide bonds. The largest absolute Gasteiger partial charge is 0.452 e. The van der Waals surface area contributed by atoms with Crippen LogP contribution < -0.4 is 16.2 Å². The first-order valence-electron chi connectivity index (χ1n) is 7.79. The molecule has 2 N–H and O–H groups in total. The normalized spacial score (nSPS) is 10.1. The molecule has 2 rings (SSSR count). The van der Waals surface area contributed by atoms with Crippen LogP contribution in [-0.4, -0.2) is 29.1 Å². The van der Waals surface area contributed by atoms with Crippen molar-refractivity contribution >= 4 is 23.6 Å². The maximum Gasteiger partial charge on any atom is 0.338 e. The molecule has 136 valence electrons. The van der Waals surface area contributed by atoms with Gasteiger partial charge in [0.05, 0.1) is 5.56 Å². The van der Waals surface area contributed by atoms with Gasteiger partial charge in [-0.3, -0.25) is 14.9 Å². The summed E-state index contributed by atoms with van der Waals surface area (Å²) in [6.07, 6.45) is 1.41. The molecule has 26 heavy (non-hydrogen) atoms. The molecule has 1 heterocycles. The number of esters is 1. The lowest BCUT2D eigenvalue weighted by molar-refractivity contribution is -0.123. The third-order valence-electron chi connectivity index (χ3n) is 3.78. The first kappa shape index (κ1) is 18.9. The van der Waals surface area contributed by atoms with Crippen molar-refractivity contribution in [1.29, 1.82) is 0 Å². The number of amides is 3.